The van der Waals surface area contributed by atoms with Gasteiger partial charge in [0.15, 0.2) is 0 Å². The van der Waals surface area contributed by atoms with Crippen molar-refractivity contribution in [1.29, 1.82) is 0 Å². The number of rotatable bonds is 7. The van der Waals surface area contributed by atoms with Crippen molar-refractivity contribution in [1.82, 2.24) is 4.90 Å². The molecule has 1 amide bonds. The zero-order chi connectivity index (χ0) is 14.3. The van der Waals surface area contributed by atoms with Crippen molar-refractivity contribution in [2.75, 3.05) is 0 Å². The van der Waals surface area contributed by atoms with E-state index in [2.05, 4.69) is 27.7 Å². The van der Waals surface area contributed by atoms with Crippen LogP contribution in [-0.4, -0.2) is 16.8 Å². The van der Waals surface area contributed by atoms with Gasteiger partial charge in [0.1, 0.15) is 5.76 Å². The van der Waals surface area contributed by atoms with Gasteiger partial charge < -0.3 is 9.32 Å². The monoisotopic (exact) mass is 263 g/mol. The van der Waals surface area contributed by atoms with E-state index in [4.69, 9.17) is 4.42 Å². The van der Waals surface area contributed by atoms with Gasteiger partial charge in [-0.2, -0.15) is 0 Å². The molecule has 0 aliphatic heterocycles. The average molecular weight is 263 g/mol. The van der Waals surface area contributed by atoms with Crippen LogP contribution in [0.5, 0.6) is 0 Å². The van der Waals surface area contributed by atoms with E-state index >= 15 is 0 Å². The molecule has 1 heterocycles. The summed E-state index contributed by atoms with van der Waals surface area (Å²) >= 11 is 0. The van der Waals surface area contributed by atoms with Crippen LogP contribution < -0.4 is 0 Å². The summed E-state index contributed by atoms with van der Waals surface area (Å²) in [6.07, 6.45) is 7.05. The second-order valence-corrected chi connectivity index (χ2v) is 5.17. The standard InChI is InChI=1S/C16H25NO2/c1-5-6-7-10-16(18)17(14(4)13(2)3)12-15-9-8-11-19-15/h6-9,11,13-14H,5,10,12H2,1-4H3/b7-6+/t14-/m0/s1. The normalized spacial score (nSPS) is 13.1. The summed E-state index contributed by atoms with van der Waals surface area (Å²) in [7, 11) is 0. The van der Waals surface area contributed by atoms with Crippen LogP contribution in [0.1, 0.15) is 46.3 Å². The smallest absolute Gasteiger partial charge is 0.227 e. The Morgan fingerprint density at radius 2 is 2.11 bits per heavy atom. The molecule has 106 valence electrons. The van der Waals surface area contributed by atoms with Crippen molar-refractivity contribution in [2.24, 2.45) is 5.92 Å². The molecule has 3 nitrogen and oxygen atoms in total. The maximum absolute atomic E-state index is 12.3. The molecule has 0 saturated heterocycles. The Balaban J connectivity index is 2.73. The summed E-state index contributed by atoms with van der Waals surface area (Å²) in [4.78, 5) is 14.2. The van der Waals surface area contributed by atoms with Gasteiger partial charge in [0.25, 0.3) is 0 Å². The fourth-order valence-electron chi connectivity index (χ4n) is 1.86. The minimum Gasteiger partial charge on any atom is -0.467 e. The second kappa shape index (κ2) is 7.82. The molecule has 3 heteroatoms. The summed E-state index contributed by atoms with van der Waals surface area (Å²) in [6.45, 7) is 8.97. The third-order valence-electron chi connectivity index (χ3n) is 3.38. The molecule has 0 fully saturated rings. The first-order valence-electron chi connectivity index (χ1n) is 7.03. The molecule has 1 rings (SSSR count). The summed E-state index contributed by atoms with van der Waals surface area (Å²) in [5.41, 5.74) is 0. The molecular weight excluding hydrogens is 238 g/mol. The van der Waals surface area contributed by atoms with Gasteiger partial charge in [-0.25, -0.2) is 0 Å². The van der Waals surface area contributed by atoms with E-state index in [0.717, 1.165) is 12.2 Å². The lowest BCUT2D eigenvalue weighted by atomic mass is 10.0. The second-order valence-electron chi connectivity index (χ2n) is 5.17. The minimum atomic E-state index is 0.155. The Kier molecular flexibility index (Phi) is 6.40. The number of amides is 1. The van der Waals surface area contributed by atoms with Crippen LogP contribution in [0.2, 0.25) is 0 Å². The number of allylic oxidation sites excluding steroid dienone is 1. The SMILES string of the molecule is CC/C=C/CC(=O)N(Cc1ccco1)[C@@H](C)C(C)C. The fourth-order valence-corrected chi connectivity index (χ4v) is 1.86. The van der Waals surface area contributed by atoms with E-state index < -0.39 is 0 Å². The Morgan fingerprint density at radius 1 is 1.37 bits per heavy atom. The zero-order valence-electron chi connectivity index (χ0n) is 12.4. The van der Waals surface area contributed by atoms with Crippen LogP contribution in [0.4, 0.5) is 0 Å². The highest BCUT2D eigenvalue weighted by Gasteiger charge is 2.22. The molecule has 19 heavy (non-hydrogen) atoms. The maximum atomic E-state index is 12.3. The zero-order valence-corrected chi connectivity index (χ0v) is 12.4. The number of carbonyl (C=O) groups is 1. The Hall–Kier alpha value is -1.51. The van der Waals surface area contributed by atoms with E-state index in [1.165, 1.54) is 0 Å². The highest BCUT2D eigenvalue weighted by atomic mass is 16.3. The molecule has 0 aliphatic rings. The summed E-state index contributed by atoms with van der Waals surface area (Å²) in [5.74, 6) is 1.41. The third kappa shape index (κ3) is 4.93. The van der Waals surface area contributed by atoms with Crippen LogP contribution in [-0.2, 0) is 11.3 Å². The van der Waals surface area contributed by atoms with Crippen LogP contribution >= 0.6 is 0 Å². The first-order valence-corrected chi connectivity index (χ1v) is 7.03. The molecule has 0 saturated carbocycles. The van der Waals surface area contributed by atoms with E-state index in [1.807, 2.05) is 29.2 Å². The lowest BCUT2D eigenvalue weighted by Crippen LogP contribution is -2.40. The lowest BCUT2D eigenvalue weighted by molar-refractivity contribution is -0.134. The van der Waals surface area contributed by atoms with E-state index in [0.29, 0.717) is 18.9 Å². The van der Waals surface area contributed by atoms with Crippen molar-refractivity contribution in [3.8, 4) is 0 Å². The van der Waals surface area contributed by atoms with Gasteiger partial charge in [-0.05, 0) is 31.4 Å². The van der Waals surface area contributed by atoms with Gasteiger partial charge in [-0.15, -0.1) is 0 Å². The van der Waals surface area contributed by atoms with Crippen LogP contribution in [0.25, 0.3) is 0 Å². The quantitative estimate of drug-likeness (QED) is 0.696. The molecule has 0 bridgehead atoms. The largest absolute Gasteiger partial charge is 0.467 e. The molecule has 0 aromatic carbocycles. The highest BCUT2D eigenvalue weighted by Crippen LogP contribution is 2.16. The molecule has 1 atom stereocenters. The van der Waals surface area contributed by atoms with Crippen molar-refractivity contribution in [3.63, 3.8) is 0 Å². The van der Waals surface area contributed by atoms with Gasteiger partial charge in [-0.3, -0.25) is 4.79 Å². The van der Waals surface area contributed by atoms with Crippen molar-refractivity contribution in [3.05, 3.63) is 36.3 Å². The van der Waals surface area contributed by atoms with Crippen molar-refractivity contribution < 1.29 is 9.21 Å². The molecule has 0 spiro atoms. The number of furan rings is 1. The Morgan fingerprint density at radius 3 is 2.63 bits per heavy atom. The maximum Gasteiger partial charge on any atom is 0.227 e. The van der Waals surface area contributed by atoms with Gasteiger partial charge in [0.2, 0.25) is 5.91 Å². The van der Waals surface area contributed by atoms with Crippen molar-refractivity contribution in [2.45, 2.75) is 53.1 Å². The number of carbonyl (C=O) groups excluding carboxylic acids is 1. The van der Waals surface area contributed by atoms with Crippen LogP contribution in [0, 0.1) is 5.92 Å². The molecule has 1 aromatic heterocycles. The van der Waals surface area contributed by atoms with E-state index in [-0.39, 0.29) is 11.9 Å². The summed E-state index contributed by atoms with van der Waals surface area (Å²) in [6, 6.07) is 3.97. The minimum absolute atomic E-state index is 0.155. The average Bonchev–Trinajstić information content (AvgIpc) is 2.88. The molecule has 0 N–H and O–H groups in total. The van der Waals surface area contributed by atoms with Crippen LogP contribution in [0.15, 0.2) is 35.0 Å². The Bertz CT molecular complexity index is 393. The number of nitrogens with zero attached hydrogens (tertiary/aromatic N) is 1. The topological polar surface area (TPSA) is 33.5 Å². The summed E-state index contributed by atoms with van der Waals surface area (Å²) < 4.78 is 5.36. The molecule has 0 aliphatic carbocycles. The predicted octanol–water partition coefficient (Wildman–Crippen LogP) is 4.01. The van der Waals surface area contributed by atoms with E-state index in [1.54, 1.807) is 6.26 Å². The molecular formula is C16H25NO2. The highest BCUT2D eigenvalue weighted by molar-refractivity contribution is 5.78. The summed E-state index contributed by atoms with van der Waals surface area (Å²) in [5, 5.41) is 0. The van der Waals surface area contributed by atoms with Crippen molar-refractivity contribution >= 4 is 5.91 Å². The third-order valence-corrected chi connectivity index (χ3v) is 3.38. The lowest BCUT2D eigenvalue weighted by Gasteiger charge is -2.31. The Labute approximate surface area is 116 Å². The number of hydrogen-bond donors (Lipinski definition) is 0. The van der Waals surface area contributed by atoms with Gasteiger partial charge in [0.05, 0.1) is 12.8 Å². The fraction of sp³-hybridized carbons (Fsp3) is 0.562. The van der Waals surface area contributed by atoms with Gasteiger partial charge in [0, 0.05) is 12.5 Å². The van der Waals surface area contributed by atoms with Crippen LogP contribution in [0.3, 0.4) is 0 Å². The number of hydrogen-bond acceptors (Lipinski definition) is 2. The van der Waals surface area contributed by atoms with Gasteiger partial charge >= 0.3 is 0 Å². The predicted molar refractivity (Wildman–Crippen MR) is 77.6 cm³/mol. The molecule has 1 aromatic rings. The van der Waals surface area contributed by atoms with E-state index in [9.17, 15) is 4.79 Å². The molecule has 0 radical (unpaired) electrons. The first-order chi connectivity index (χ1) is 9.06. The first kappa shape index (κ1) is 15.5. The molecule has 0 unspecified atom stereocenters. The van der Waals surface area contributed by atoms with Gasteiger partial charge in [-0.1, -0.05) is 32.9 Å².